The Bertz CT molecular complexity index is 379. The van der Waals surface area contributed by atoms with Gasteiger partial charge in [0.1, 0.15) is 11.6 Å². The molecule has 0 radical (unpaired) electrons. The van der Waals surface area contributed by atoms with E-state index in [4.69, 9.17) is 0 Å². The molecular weight excluding hydrogens is 276 g/mol. The van der Waals surface area contributed by atoms with Gasteiger partial charge in [0.05, 0.1) is 12.6 Å². The van der Waals surface area contributed by atoms with Crippen LogP contribution in [0.1, 0.15) is 33.1 Å². The third-order valence-electron chi connectivity index (χ3n) is 4.24. The van der Waals surface area contributed by atoms with E-state index in [0.717, 1.165) is 4.90 Å². The van der Waals surface area contributed by atoms with Crippen LogP contribution in [0, 0.1) is 5.41 Å². The minimum Gasteiger partial charge on any atom is -0.337 e. The van der Waals surface area contributed by atoms with E-state index in [1.54, 1.807) is 0 Å². The number of halogens is 4. The molecule has 3 nitrogen and oxygen atoms in total. The molecular formula is C13H20F4N2O. The van der Waals surface area contributed by atoms with Gasteiger partial charge >= 0.3 is 6.18 Å². The quantitative estimate of drug-likeness (QED) is 0.810. The monoisotopic (exact) mass is 296 g/mol. The molecule has 0 aromatic rings. The molecule has 1 N–H and O–H groups in total. The number of likely N-dealkylation sites (tertiary alicyclic amines) is 1. The largest absolute Gasteiger partial charge is 0.403 e. The van der Waals surface area contributed by atoms with Gasteiger partial charge in [0, 0.05) is 12.6 Å². The van der Waals surface area contributed by atoms with Crippen LogP contribution in [0.2, 0.25) is 0 Å². The highest BCUT2D eigenvalue weighted by Gasteiger charge is 2.65. The molecule has 2 fully saturated rings. The Morgan fingerprint density at radius 2 is 1.90 bits per heavy atom. The first-order chi connectivity index (χ1) is 9.17. The molecule has 2 rings (SSSR count). The Morgan fingerprint density at radius 1 is 1.30 bits per heavy atom. The number of hydrogen-bond acceptors (Lipinski definition) is 2. The maximum atomic E-state index is 13.8. The second kappa shape index (κ2) is 5.16. The van der Waals surface area contributed by atoms with Gasteiger partial charge in [-0.25, -0.2) is 4.39 Å². The Morgan fingerprint density at radius 3 is 2.30 bits per heavy atom. The zero-order chi connectivity index (χ0) is 15.1. The van der Waals surface area contributed by atoms with Gasteiger partial charge in [-0.1, -0.05) is 20.3 Å². The van der Waals surface area contributed by atoms with Gasteiger partial charge in [-0.15, -0.1) is 0 Å². The predicted molar refractivity (Wildman–Crippen MR) is 65.9 cm³/mol. The zero-order valence-corrected chi connectivity index (χ0v) is 11.6. The fraction of sp³-hybridized carbons (Fsp3) is 0.923. The van der Waals surface area contributed by atoms with Crippen molar-refractivity contribution in [1.82, 2.24) is 10.2 Å². The fourth-order valence-corrected chi connectivity index (χ4v) is 2.97. The highest BCUT2D eigenvalue weighted by atomic mass is 19.4. The van der Waals surface area contributed by atoms with Crippen molar-refractivity contribution in [3.63, 3.8) is 0 Å². The minimum absolute atomic E-state index is 0.00993. The van der Waals surface area contributed by atoms with Crippen molar-refractivity contribution in [1.29, 1.82) is 0 Å². The number of alkyl halides is 4. The zero-order valence-electron chi connectivity index (χ0n) is 11.6. The molecule has 0 spiro atoms. The fourth-order valence-electron chi connectivity index (χ4n) is 2.97. The third-order valence-corrected chi connectivity index (χ3v) is 4.24. The molecule has 20 heavy (non-hydrogen) atoms. The highest BCUT2D eigenvalue weighted by molar-refractivity contribution is 5.85. The minimum atomic E-state index is -4.54. The molecule has 1 saturated carbocycles. The smallest absolute Gasteiger partial charge is 0.337 e. The number of rotatable bonds is 3. The van der Waals surface area contributed by atoms with Gasteiger partial charge in [0.15, 0.2) is 0 Å². The highest BCUT2D eigenvalue weighted by Crippen LogP contribution is 2.54. The van der Waals surface area contributed by atoms with E-state index in [-0.39, 0.29) is 32.0 Å². The summed E-state index contributed by atoms with van der Waals surface area (Å²) in [6, 6.07) is -0.558. The van der Waals surface area contributed by atoms with E-state index < -0.39 is 29.7 Å². The van der Waals surface area contributed by atoms with E-state index in [0.29, 0.717) is 6.42 Å². The number of amides is 1. The van der Waals surface area contributed by atoms with Gasteiger partial charge in [-0.3, -0.25) is 4.79 Å². The standard InChI is InChI=1S/C13H20F4N2O/c1-8(2)18-10-7-19(6-9(10)14)11(20)12(4-3-5-12)13(15,16)17/h8-10,18H,3-7H2,1-2H3/t9-,10+/m0/s1. The number of carbonyl (C=O) groups excluding carboxylic acids is 1. The molecule has 1 saturated heterocycles. The molecule has 2 atom stereocenters. The maximum absolute atomic E-state index is 13.8. The topological polar surface area (TPSA) is 32.3 Å². The second-order valence-corrected chi connectivity index (χ2v) is 6.09. The molecule has 116 valence electrons. The molecule has 0 aromatic heterocycles. The summed E-state index contributed by atoms with van der Waals surface area (Å²) in [6.07, 6.45) is -5.81. The Balaban J connectivity index is 2.07. The first-order valence-electron chi connectivity index (χ1n) is 6.93. The van der Waals surface area contributed by atoms with Crippen LogP contribution in [0.25, 0.3) is 0 Å². The van der Waals surface area contributed by atoms with Crippen LogP contribution >= 0.6 is 0 Å². The molecule has 1 aliphatic carbocycles. The van der Waals surface area contributed by atoms with E-state index in [9.17, 15) is 22.4 Å². The molecule has 0 unspecified atom stereocenters. The Hall–Kier alpha value is -0.850. The van der Waals surface area contributed by atoms with E-state index in [1.165, 1.54) is 0 Å². The SMILES string of the molecule is CC(C)N[C@@H]1CN(C(=O)C2(C(F)(F)F)CCC2)C[C@@H]1F. The van der Waals surface area contributed by atoms with Crippen molar-refractivity contribution in [3.05, 3.63) is 0 Å². The lowest BCUT2D eigenvalue weighted by Gasteiger charge is -2.43. The summed E-state index contributed by atoms with van der Waals surface area (Å²) in [4.78, 5) is 13.2. The first kappa shape index (κ1) is 15.5. The first-order valence-corrected chi connectivity index (χ1v) is 6.93. The van der Waals surface area contributed by atoms with Crippen LogP contribution in [0.5, 0.6) is 0 Å². The summed E-state index contributed by atoms with van der Waals surface area (Å²) in [5.41, 5.74) is -2.26. The summed E-state index contributed by atoms with van der Waals surface area (Å²) in [5, 5.41) is 2.95. The van der Waals surface area contributed by atoms with Crippen molar-refractivity contribution >= 4 is 5.91 Å². The van der Waals surface area contributed by atoms with Gasteiger partial charge in [0.2, 0.25) is 5.91 Å². The van der Waals surface area contributed by atoms with E-state index in [2.05, 4.69) is 5.32 Å². The summed E-state index contributed by atoms with van der Waals surface area (Å²) in [6.45, 7) is 3.43. The lowest BCUT2D eigenvalue weighted by Crippen LogP contribution is -2.56. The Kier molecular flexibility index (Phi) is 4.01. The molecule has 0 bridgehead atoms. The van der Waals surface area contributed by atoms with E-state index in [1.807, 2.05) is 13.8 Å². The normalized spacial score (nSPS) is 29.6. The molecule has 7 heteroatoms. The number of carbonyl (C=O) groups is 1. The average Bonchev–Trinajstić information content (AvgIpc) is 2.55. The summed E-state index contributed by atoms with van der Waals surface area (Å²) < 4.78 is 53.1. The molecule has 1 amide bonds. The van der Waals surface area contributed by atoms with Crippen LogP contribution in [-0.2, 0) is 4.79 Å². The maximum Gasteiger partial charge on any atom is 0.403 e. The number of nitrogens with zero attached hydrogens (tertiary/aromatic N) is 1. The van der Waals surface area contributed by atoms with E-state index >= 15 is 0 Å². The Labute approximate surface area is 115 Å². The summed E-state index contributed by atoms with van der Waals surface area (Å²) in [7, 11) is 0. The van der Waals surface area contributed by atoms with Crippen molar-refractivity contribution < 1.29 is 22.4 Å². The van der Waals surface area contributed by atoms with Gasteiger partial charge in [-0.05, 0) is 12.8 Å². The second-order valence-electron chi connectivity index (χ2n) is 6.09. The van der Waals surface area contributed by atoms with Crippen LogP contribution in [-0.4, -0.2) is 48.3 Å². The molecule has 2 aliphatic rings. The van der Waals surface area contributed by atoms with Crippen LogP contribution in [0.15, 0.2) is 0 Å². The predicted octanol–water partition coefficient (Wildman–Crippen LogP) is 2.27. The van der Waals surface area contributed by atoms with Crippen LogP contribution in [0.3, 0.4) is 0 Å². The summed E-state index contributed by atoms with van der Waals surface area (Å²) in [5.74, 6) is -0.952. The number of nitrogens with one attached hydrogen (secondary N) is 1. The summed E-state index contributed by atoms with van der Waals surface area (Å²) >= 11 is 0. The van der Waals surface area contributed by atoms with Gasteiger partial charge < -0.3 is 10.2 Å². The average molecular weight is 296 g/mol. The third kappa shape index (κ3) is 2.52. The van der Waals surface area contributed by atoms with Crippen molar-refractivity contribution in [2.45, 2.75) is 57.5 Å². The van der Waals surface area contributed by atoms with Gasteiger partial charge in [-0.2, -0.15) is 13.2 Å². The van der Waals surface area contributed by atoms with Crippen molar-refractivity contribution in [2.75, 3.05) is 13.1 Å². The van der Waals surface area contributed by atoms with Crippen molar-refractivity contribution in [2.24, 2.45) is 5.41 Å². The lowest BCUT2D eigenvalue weighted by atomic mass is 9.67. The molecule has 1 aliphatic heterocycles. The lowest BCUT2D eigenvalue weighted by molar-refractivity contribution is -0.248. The number of hydrogen-bond donors (Lipinski definition) is 1. The molecule has 0 aromatic carbocycles. The van der Waals surface area contributed by atoms with Crippen molar-refractivity contribution in [3.8, 4) is 0 Å². The molecule has 1 heterocycles. The van der Waals surface area contributed by atoms with Crippen LogP contribution in [0.4, 0.5) is 17.6 Å². The van der Waals surface area contributed by atoms with Crippen LogP contribution < -0.4 is 5.32 Å². The van der Waals surface area contributed by atoms with Gasteiger partial charge in [0.25, 0.3) is 0 Å².